The first-order valence-corrected chi connectivity index (χ1v) is 6.84. The van der Waals surface area contributed by atoms with Crippen molar-refractivity contribution in [2.24, 2.45) is 5.73 Å². The summed E-state index contributed by atoms with van der Waals surface area (Å²) in [4.78, 5) is 0. The monoisotopic (exact) mass is 289 g/mol. The van der Waals surface area contributed by atoms with Gasteiger partial charge in [0.2, 0.25) is 0 Å². The molecule has 0 aliphatic heterocycles. The van der Waals surface area contributed by atoms with Crippen molar-refractivity contribution in [1.82, 2.24) is 0 Å². The summed E-state index contributed by atoms with van der Waals surface area (Å²) in [6.45, 7) is 3.96. The van der Waals surface area contributed by atoms with Gasteiger partial charge in [-0.1, -0.05) is 36.8 Å². The largest absolute Gasteiger partial charge is 0.389 e. The van der Waals surface area contributed by atoms with E-state index in [0.717, 1.165) is 11.1 Å². The van der Waals surface area contributed by atoms with Gasteiger partial charge < -0.3 is 10.5 Å². The van der Waals surface area contributed by atoms with Crippen LogP contribution < -0.4 is 5.73 Å². The number of ether oxygens (including phenoxy) is 1. The van der Waals surface area contributed by atoms with E-state index in [2.05, 4.69) is 0 Å². The third-order valence-corrected chi connectivity index (χ3v) is 3.13. The van der Waals surface area contributed by atoms with E-state index in [0.29, 0.717) is 6.42 Å². The van der Waals surface area contributed by atoms with Crippen LogP contribution in [0, 0.1) is 6.92 Å². The Hall–Kier alpha value is -1.07. The first kappa shape index (κ1) is 17.0. The number of hydrogen-bond donors (Lipinski definition) is 1. The molecule has 0 saturated carbocycles. The fraction of sp³-hybridized carbons (Fsp3) is 0.600. The zero-order valence-corrected chi connectivity index (χ0v) is 11.9. The zero-order valence-electron chi connectivity index (χ0n) is 11.9. The first-order valence-electron chi connectivity index (χ1n) is 6.84. The molecule has 0 aromatic heterocycles. The Kier molecular flexibility index (Phi) is 6.49. The molecule has 5 heteroatoms. The highest BCUT2D eigenvalue weighted by atomic mass is 19.4. The van der Waals surface area contributed by atoms with Crippen LogP contribution in [0.4, 0.5) is 13.2 Å². The van der Waals surface area contributed by atoms with Crippen molar-refractivity contribution in [1.29, 1.82) is 0 Å². The highest BCUT2D eigenvalue weighted by molar-refractivity contribution is 5.25. The maximum absolute atomic E-state index is 12.1. The van der Waals surface area contributed by atoms with Gasteiger partial charge in [0.25, 0.3) is 0 Å². The molecule has 2 nitrogen and oxygen atoms in total. The number of hydrogen-bond acceptors (Lipinski definition) is 2. The molecule has 114 valence electrons. The Bertz CT molecular complexity index is 406. The maximum atomic E-state index is 12.1. The minimum atomic E-state index is -4.13. The van der Waals surface area contributed by atoms with Gasteiger partial charge in [-0.3, -0.25) is 0 Å². The van der Waals surface area contributed by atoms with E-state index < -0.39 is 12.6 Å². The Balaban J connectivity index is 2.62. The molecule has 0 aliphatic rings. The fourth-order valence-corrected chi connectivity index (χ4v) is 2.01. The van der Waals surface area contributed by atoms with Crippen LogP contribution in [0.1, 0.15) is 43.4 Å². The minimum absolute atomic E-state index is 0.0394. The molecule has 0 saturated heterocycles. The molecule has 1 aromatic carbocycles. The van der Waals surface area contributed by atoms with Crippen LogP contribution in [-0.4, -0.2) is 18.8 Å². The van der Waals surface area contributed by atoms with Crippen molar-refractivity contribution < 1.29 is 17.9 Å². The van der Waals surface area contributed by atoms with Gasteiger partial charge in [-0.25, -0.2) is 0 Å². The fourth-order valence-electron chi connectivity index (χ4n) is 2.01. The maximum Gasteiger partial charge on any atom is 0.389 e. The van der Waals surface area contributed by atoms with Crippen LogP contribution in [0.15, 0.2) is 24.3 Å². The van der Waals surface area contributed by atoms with Crippen LogP contribution in [0.25, 0.3) is 0 Å². The van der Waals surface area contributed by atoms with Crippen molar-refractivity contribution >= 4 is 0 Å². The van der Waals surface area contributed by atoms with Crippen LogP contribution in [-0.2, 0) is 4.74 Å². The van der Waals surface area contributed by atoms with Gasteiger partial charge in [0.05, 0.1) is 6.10 Å². The summed E-state index contributed by atoms with van der Waals surface area (Å²) in [5, 5.41) is 0. The summed E-state index contributed by atoms with van der Waals surface area (Å²) in [5.41, 5.74) is 8.02. The minimum Gasteiger partial charge on any atom is -0.372 e. The van der Waals surface area contributed by atoms with Crippen molar-refractivity contribution in [2.75, 3.05) is 6.61 Å². The molecule has 0 radical (unpaired) electrons. The predicted molar refractivity (Wildman–Crippen MR) is 73.4 cm³/mol. The quantitative estimate of drug-likeness (QED) is 0.766. The van der Waals surface area contributed by atoms with Crippen molar-refractivity contribution in [2.45, 2.75) is 51.4 Å². The van der Waals surface area contributed by atoms with Gasteiger partial charge in [-0.05, 0) is 25.3 Å². The lowest BCUT2D eigenvalue weighted by Gasteiger charge is -2.24. The lowest BCUT2D eigenvalue weighted by atomic mass is 9.99. The second kappa shape index (κ2) is 7.64. The molecule has 0 amide bonds. The highest BCUT2D eigenvalue weighted by Crippen LogP contribution is 2.25. The zero-order chi connectivity index (χ0) is 15.2. The first-order chi connectivity index (χ1) is 9.33. The van der Waals surface area contributed by atoms with Crippen LogP contribution in [0.2, 0.25) is 0 Å². The molecular formula is C15H22F3NO. The molecular weight excluding hydrogens is 267 g/mol. The second-order valence-corrected chi connectivity index (χ2v) is 5.00. The lowest BCUT2D eigenvalue weighted by Crippen LogP contribution is -2.30. The molecule has 1 rings (SSSR count). The number of rotatable bonds is 7. The van der Waals surface area contributed by atoms with Crippen molar-refractivity contribution in [3.63, 3.8) is 0 Å². The van der Waals surface area contributed by atoms with Crippen LogP contribution >= 0.6 is 0 Å². The third-order valence-electron chi connectivity index (χ3n) is 3.13. The summed E-state index contributed by atoms with van der Waals surface area (Å²) >= 11 is 0. The SMILES string of the molecule is CCC(N)C(OCCCC(F)(F)F)c1cccc(C)c1. The number of nitrogens with two attached hydrogens (primary N) is 1. The van der Waals surface area contributed by atoms with E-state index in [1.54, 1.807) is 0 Å². The molecule has 2 atom stereocenters. The third kappa shape index (κ3) is 5.92. The van der Waals surface area contributed by atoms with E-state index in [1.807, 2.05) is 38.1 Å². The van der Waals surface area contributed by atoms with E-state index in [1.165, 1.54) is 0 Å². The summed E-state index contributed by atoms with van der Waals surface area (Å²) in [6.07, 6.45) is -4.64. The molecule has 0 heterocycles. The molecule has 0 aliphatic carbocycles. The Morgan fingerprint density at radius 2 is 2.00 bits per heavy atom. The summed E-state index contributed by atoms with van der Waals surface area (Å²) in [7, 11) is 0. The molecule has 20 heavy (non-hydrogen) atoms. The van der Waals surface area contributed by atoms with Gasteiger partial charge in [0, 0.05) is 19.1 Å². The molecule has 0 spiro atoms. The van der Waals surface area contributed by atoms with E-state index in [9.17, 15) is 13.2 Å². The van der Waals surface area contributed by atoms with Crippen molar-refractivity contribution in [3.05, 3.63) is 35.4 Å². The molecule has 1 aromatic rings. The molecule has 0 bridgehead atoms. The smallest absolute Gasteiger partial charge is 0.372 e. The Morgan fingerprint density at radius 3 is 2.55 bits per heavy atom. The molecule has 2 unspecified atom stereocenters. The van der Waals surface area contributed by atoms with Gasteiger partial charge in [-0.15, -0.1) is 0 Å². The average Bonchev–Trinajstić information content (AvgIpc) is 2.36. The van der Waals surface area contributed by atoms with E-state index in [-0.39, 0.29) is 25.2 Å². The standard InChI is InChI=1S/C15H22F3NO/c1-3-13(19)14(12-7-4-6-11(2)10-12)20-9-5-8-15(16,17)18/h4,6-7,10,13-14H,3,5,8-9,19H2,1-2H3. The number of aryl methyl sites for hydroxylation is 1. The van der Waals surface area contributed by atoms with Crippen LogP contribution in [0.5, 0.6) is 0 Å². The van der Waals surface area contributed by atoms with Crippen molar-refractivity contribution in [3.8, 4) is 0 Å². The second-order valence-electron chi connectivity index (χ2n) is 5.00. The average molecular weight is 289 g/mol. The summed E-state index contributed by atoms with van der Waals surface area (Å²) in [5.74, 6) is 0. The highest BCUT2D eigenvalue weighted by Gasteiger charge is 2.27. The van der Waals surface area contributed by atoms with Gasteiger partial charge in [-0.2, -0.15) is 13.2 Å². The van der Waals surface area contributed by atoms with Gasteiger partial charge in [0.15, 0.2) is 0 Å². The van der Waals surface area contributed by atoms with Crippen LogP contribution in [0.3, 0.4) is 0 Å². The number of halogens is 3. The van der Waals surface area contributed by atoms with Gasteiger partial charge in [0.1, 0.15) is 0 Å². The normalized spacial score (nSPS) is 15.1. The Morgan fingerprint density at radius 1 is 1.30 bits per heavy atom. The molecule has 0 fully saturated rings. The summed E-state index contributed by atoms with van der Waals surface area (Å²) in [6, 6.07) is 7.50. The predicted octanol–water partition coefficient (Wildman–Crippen LogP) is 4.13. The topological polar surface area (TPSA) is 35.2 Å². The van der Waals surface area contributed by atoms with E-state index >= 15 is 0 Å². The number of benzene rings is 1. The van der Waals surface area contributed by atoms with E-state index in [4.69, 9.17) is 10.5 Å². The molecule has 2 N–H and O–H groups in total. The number of alkyl halides is 3. The summed E-state index contributed by atoms with van der Waals surface area (Å²) < 4.78 is 41.9. The van der Waals surface area contributed by atoms with Gasteiger partial charge >= 0.3 is 6.18 Å². The Labute approximate surface area is 118 Å². The lowest BCUT2D eigenvalue weighted by molar-refractivity contribution is -0.139.